The molecule has 0 aliphatic heterocycles. The smallest absolute Gasteiger partial charge is 0.233 e. The lowest BCUT2D eigenvalue weighted by molar-refractivity contribution is 0.108. The van der Waals surface area contributed by atoms with E-state index in [-0.39, 0.29) is 5.12 Å². The Bertz CT molecular complexity index is 433. The van der Waals surface area contributed by atoms with E-state index in [0.717, 1.165) is 10.8 Å². The summed E-state index contributed by atoms with van der Waals surface area (Å²) < 4.78 is 0. The average Bonchev–Trinajstić information content (AvgIpc) is 2.47. The minimum absolute atomic E-state index is 0.226. The number of hydrogen-bond donors (Lipinski definition) is 2. The van der Waals surface area contributed by atoms with Crippen molar-refractivity contribution in [3.8, 4) is 0 Å². The fourth-order valence-corrected chi connectivity index (χ4v) is 1.44. The molecule has 1 aromatic carbocycles. The van der Waals surface area contributed by atoms with Crippen LogP contribution in [0.25, 0.3) is 10.8 Å². The molecule has 1 aromatic heterocycles. The zero-order chi connectivity index (χ0) is 8.55. The van der Waals surface area contributed by atoms with Crippen LogP contribution >= 0.6 is 12.6 Å². The molecule has 0 atom stereocenters. The standard InChI is InChI=1S/C9H7NOS/c11-9(12)8-7-4-2-1-3-6(7)5-10-8/h1-5,10H,(H,11,12). The quantitative estimate of drug-likeness (QED) is 0.643. The number of hydrogen-bond acceptors (Lipinski definition) is 1. The largest absolute Gasteiger partial charge is 0.357 e. The molecule has 60 valence electrons. The molecule has 0 unspecified atom stereocenters. The molecule has 0 spiro atoms. The van der Waals surface area contributed by atoms with Gasteiger partial charge in [0, 0.05) is 11.6 Å². The average molecular weight is 177 g/mol. The van der Waals surface area contributed by atoms with Crippen LogP contribution in [0.1, 0.15) is 10.5 Å². The summed E-state index contributed by atoms with van der Waals surface area (Å²) in [6.07, 6.45) is 1.80. The van der Waals surface area contributed by atoms with Crippen LogP contribution in [0.2, 0.25) is 0 Å². The van der Waals surface area contributed by atoms with Crippen LogP contribution in [0, 0.1) is 0 Å². The maximum atomic E-state index is 11.0. The molecule has 0 radical (unpaired) electrons. The molecule has 12 heavy (non-hydrogen) atoms. The van der Waals surface area contributed by atoms with Gasteiger partial charge in [0.25, 0.3) is 0 Å². The van der Waals surface area contributed by atoms with E-state index in [9.17, 15) is 4.79 Å². The van der Waals surface area contributed by atoms with Crippen molar-refractivity contribution in [2.45, 2.75) is 0 Å². The first-order chi connectivity index (χ1) is 5.79. The SMILES string of the molecule is O=C(S)c1[nH]cc2ccccc12. The van der Waals surface area contributed by atoms with Gasteiger partial charge in [-0.2, -0.15) is 0 Å². The molecule has 2 nitrogen and oxygen atoms in total. The highest BCUT2D eigenvalue weighted by Crippen LogP contribution is 2.18. The molecule has 0 aliphatic carbocycles. The molecule has 0 aliphatic rings. The van der Waals surface area contributed by atoms with Gasteiger partial charge < -0.3 is 4.98 Å². The summed E-state index contributed by atoms with van der Waals surface area (Å²) in [6.45, 7) is 0. The van der Waals surface area contributed by atoms with E-state index in [2.05, 4.69) is 17.6 Å². The number of carbonyl (C=O) groups excluding carboxylic acids is 1. The molecular formula is C9H7NOS. The van der Waals surface area contributed by atoms with E-state index in [0.29, 0.717) is 5.69 Å². The van der Waals surface area contributed by atoms with Gasteiger partial charge in [0.2, 0.25) is 5.12 Å². The van der Waals surface area contributed by atoms with Crippen molar-refractivity contribution in [3.05, 3.63) is 36.2 Å². The first-order valence-corrected chi connectivity index (χ1v) is 4.03. The predicted molar refractivity (Wildman–Crippen MR) is 51.6 cm³/mol. The second kappa shape index (κ2) is 2.68. The van der Waals surface area contributed by atoms with Crippen molar-refractivity contribution < 1.29 is 4.79 Å². The number of nitrogens with one attached hydrogen (secondary N) is 1. The minimum atomic E-state index is -0.226. The Labute approximate surface area is 75.0 Å². The Balaban J connectivity index is 2.79. The Hall–Kier alpha value is -1.22. The van der Waals surface area contributed by atoms with Crippen LogP contribution in [0.3, 0.4) is 0 Å². The number of fused-ring (bicyclic) bond motifs is 1. The lowest BCUT2D eigenvalue weighted by Gasteiger charge is -1.90. The van der Waals surface area contributed by atoms with Crippen LogP contribution < -0.4 is 0 Å². The van der Waals surface area contributed by atoms with Gasteiger partial charge in [0.15, 0.2) is 0 Å². The van der Waals surface area contributed by atoms with E-state index >= 15 is 0 Å². The summed E-state index contributed by atoms with van der Waals surface area (Å²) in [5.41, 5.74) is 0.564. The van der Waals surface area contributed by atoms with E-state index in [1.807, 2.05) is 24.3 Å². The summed E-state index contributed by atoms with van der Waals surface area (Å²) in [7, 11) is 0. The zero-order valence-electron chi connectivity index (χ0n) is 6.24. The highest BCUT2D eigenvalue weighted by Gasteiger charge is 2.06. The molecule has 0 saturated carbocycles. The Morgan fingerprint density at radius 1 is 1.33 bits per heavy atom. The van der Waals surface area contributed by atoms with Gasteiger partial charge in [-0.05, 0) is 5.39 Å². The molecule has 0 saturated heterocycles. The van der Waals surface area contributed by atoms with Crippen molar-refractivity contribution >= 4 is 28.5 Å². The monoisotopic (exact) mass is 177 g/mol. The van der Waals surface area contributed by atoms with Crippen LogP contribution in [-0.4, -0.2) is 10.1 Å². The van der Waals surface area contributed by atoms with Crippen LogP contribution in [0.5, 0.6) is 0 Å². The van der Waals surface area contributed by atoms with Gasteiger partial charge in [-0.25, -0.2) is 0 Å². The van der Waals surface area contributed by atoms with Gasteiger partial charge in [-0.15, -0.1) is 0 Å². The van der Waals surface area contributed by atoms with E-state index in [1.54, 1.807) is 6.20 Å². The molecule has 0 amide bonds. The third-order valence-electron chi connectivity index (χ3n) is 1.82. The highest BCUT2D eigenvalue weighted by molar-refractivity contribution is 7.97. The summed E-state index contributed by atoms with van der Waals surface area (Å²) in [6, 6.07) is 7.68. The number of H-pyrrole nitrogens is 1. The number of thiol groups is 1. The molecule has 0 bridgehead atoms. The lowest BCUT2D eigenvalue weighted by Crippen LogP contribution is -1.87. The normalized spacial score (nSPS) is 10.4. The number of aromatic amines is 1. The first kappa shape index (κ1) is 7.43. The van der Waals surface area contributed by atoms with E-state index in [4.69, 9.17) is 0 Å². The second-order valence-electron chi connectivity index (χ2n) is 2.56. The molecule has 1 heterocycles. The van der Waals surface area contributed by atoms with Gasteiger partial charge in [-0.1, -0.05) is 36.9 Å². The van der Waals surface area contributed by atoms with Gasteiger partial charge in [-0.3, -0.25) is 4.79 Å². The van der Waals surface area contributed by atoms with Crippen molar-refractivity contribution in [3.63, 3.8) is 0 Å². The summed E-state index contributed by atoms with van der Waals surface area (Å²) in [5.74, 6) is 0. The maximum absolute atomic E-state index is 11.0. The number of benzene rings is 1. The van der Waals surface area contributed by atoms with Gasteiger partial charge >= 0.3 is 0 Å². The molecule has 3 heteroatoms. The highest BCUT2D eigenvalue weighted by atomic mass is 32.1. The predicted octanol–water partition coefficient (Wildman–Crippen LogP) is 2.24. The van der Waals surface area contributed by atoms with Crippen molar-refractivity contribution in [1.82, 2.24) is 4.98 Å². The van der Waals surface area contributed by atoms with E-state index < -0.39 is 0 Å². The van der Waals surface area contributed by atoms with Crippen molar-refractivity contribution in [2.75, 3.05) is 0 Å². The summed E-state index contributed by atoms with van der Waals surface area (Å²) in [5, 5.41) is 1.74. The Morgan fingerprint density at radius 2 is 2.08 bits per heavy atom. The lowest BCUT2D eigenvalue weighted by atomic mass is 10.2. The molecule has 1 N–H and O–H groups in total. The van der Waals surface area contributed by atoms with Crippen LogP contribution in [0.4, 0.5) is 0 Å². The fraction of sp³-hybridized carbons (Fsp3) is 0. The van der Waals surface area contributed by atoms with Crippen molar-refractivity contribution in [2.24, 2.45) is 0 Å². The number of carbonyl (C=O) groups is 1. The third-order valence-corrected chi connectivity index (χ3v) is 2.04. The molecule has 0 fully saturated rings. The van der Waals surface area contributed by atoms with Crippen LogP contribution in [0.15, 0.2) is 30.5 Å². The molecule has 2 aromatic rings. The van der Waals surface area contributed by atoms with Crippen molar-refractivity contribution in [1.29, 1.82) is 0 Å². The number of rotatable bonds is 1. The minimum Gasteiger partial charge on any atom is -0.357 e. The number of aromatic nitrogens is 1. The first-order valence-electron chi connectivity index (χ1n) is 3.58. The van der Waals surface area contributed by atoms with Gasteiger partial charge in [0.05, 0.1) is 0 Å². The molecular weight excluding hydrogens is 170 g/mol. The van der Waals surface area contributed by atoms with E-state index in [1.165, 1.54) is 0 Å². The summed E-state index contributed by atoms with van der Waals surface area (Å²) in [4.78, 5) is 13.8. The maximum Gasteiger partial charge on any atom is 0.233 e. The second-order valence-corrected chi connectivity index (χ2v) is 2.96. The fourth-order valence-electron chi connectivity index (χ4n) is 1.26. The van der Waals surface area contributed by atoms with Crippen LogP contribution in [-0.2, 0) is 0 Å². The Morgan fingerprint density at radius 3 is 2.83 bits per heavy atom. The Kier molecular flexibility index (Phi) is 1.66. The van der Waals surface area contributed by atoms with Gasteiger partial charge in [0.1, 0.15) is 5.69 Å². The molecule has 2 rings (SSSR count). The third kappa shape index (κ3) is 1.02. The zero-order valence-corrected chi connectivity index (χ0v) is 7.14. The topological polar surface area (TPSA) is 32.9 Å². The summed E-state index contributed by atoms with van der Waals surface area (Å²) >= 11 is 3.76.